The van der Waals surface area contributed by atoms with Crippen LogP contribution in [0.4, 0.5) is 13.2 Å². The van der Waals surface area contributed by atoms with Crippen LogP contribution in [-0.4, -0.2) is 44.0 Å². The minimum absolute atomic E-state index is 0.124. The summed E-state index contributed by atoms with van der Waals surface area (Å²) in [6.45, 7) is 1.90. The van der Waals surface area contributed by atoms with Gasteiger partial charge in [0.2, 0.25) is 5.76 Å². The Morgan fingerprint density at radius 1 is 1.23 bits per heavy atom. The highest BCUT2D eigenvalue weighted by molar-refractivity contribution is 7.09. The minimum Gasteiger partial charge on any atom is -0.487 e. The number of carbonyl (C=O) groups excluding carboxylic acids is 1. The first kappa shape index (κ1) is 23.6. The summed E-state index contributed by atoms with van der Waals surface area (Å²) in [4.78, 5) is 21.1. The zero-order chi connectivity index (χ0) is 22.0. The van der Waals surface area contributed by atoms with E-state index < -0.39 is 17.8 Å². The van der Waals surface area contributed by atoms with Crippen LogP contribution in [0, 0.1) is 0 Å². The van der Waals surface area contributed by atoms with Gasteiger partial charge in [-0.2, -0.15) is 13.2 Å². The number of nitrogens with one attached hydrogen (secondary N) is 1. The maximum Gasteiger partial charge on any atom is 0.452 e. The molecule has 0 atom stereocenters. The molecule has 1 amide bonds. The maximum atomic E-state index is 12.8. The molecule has 30 heavy (non-hydrogen) atoms. The molecule has 0 aliphatic carbocycles. The van der Waals surface area contributed by atoms with E-state index in [4.69, 9.17) is 14.3 Å². The predicted octanol–water partition coefficient (Wildman–Crippen LogP) is 3.86. The third kappa shape index (κ3) is 7.65. The fraction of sp³-hybridized carbons (Fsp3) is 0.368. The molecule has 0 saturated carbocycles. The molecule has 1 heterocycles. The molecule has 7 nitrogen and oxygen atoms in total. The molecule has 0 aliphatic rings. The van der Waals surface area contributed by atoms with E-state index in [1.165, 1.54) is 37.5 Å². The smallest absolute Gasteiger partial charge is 0.452 e. The fourth-order valence-corrected chi connectivity index (χ4v) is 2.92. The third-order valence-corrected chi connectivity index (χ3v) is 4.35. The average Bonchev–Trinajstić information content (AvgIpc) is 3.17. The summed E-state index contributed by atoms with van der Waals surface area (Å²) in [5.41, 5.74) is 3.36. The number of hydrogen-bond donors (Lipinski definition) is 1. The molecule has 0 fully saturated rings. The van der Waals surface area contributed by atoms with Gasteiger partial charge in [-0.3, -0.25) is 9.63 Å². The molecule has 0 bridgehead atoms. The van der Waals surface area contributed by atoms with Crippen molar-refractivity contribution in [3.05, 3.63) is 57.9 Å². The lowest BCUT2D eigenvalue weighted by atomic mass is 10.1. The highest BCUT2D eigenvalue weighted by Gasteiger charge is 2.36. The number of nitrogens with zero attached hydrogens (tertiary/aromatic N) is 1. The molecule has 0 aliphatic heterocycles. The van der Waals surface area contributed by atoms with Crippen LogP contribution in [0.25, 0.3) is 0 Å². The van der Waals surface area contributed by atoms with Crippen LogP contribution in [0.15, 0.2) is 41.7 Å². The van der Waals surface area contributed by atoms with Crippen molar-refractivity contribution in [2.24, 2.45) is 0 Å². The Hall–Kier alpha value is -2.63. The lowest BCUT2D eigenvalue weighted by molar-refractivity contribution is -0.132. The molecule has 2 rings (SSSR count). The lowest BCUT2D eigenvalue weighted by Crippen LogP contribution is -2.25. The van der Waals surface area contributed by atoms with Gasteiger partial charge in [0.25, 0.3) is 5.91 Å². The highest BCUT2D eigenvalue weighted by atomic mass is 32.1. The van der Waals surface area contributed by atoms with E-state index in [-0.39, 0.29) is 24.7 Å². The van der Waals surface area contributed by atoms with Gasteiger partial charge in [0.05, 0.1) is 24.8 Å². The summed E-state index contributed by atoms with van der Waals surface area (Å²) in [5.74, 6) is -1.43. The number of methoxy groups -OCH3 is 1. The minimum atomic E-state index is -4.63. The Kier molecular flexibility index (Phi) is 9.09. The summed E-state index contributed by atoms with van der Waals surface area (Å²) in [6.07, 6.45) is -3.64. The summed E-state index contributed by atoms with van der Waals surface area (Å²) in [6, 6.07) is 6.48. The van der Waals surface area contributed by atoms with Crippen LogP contribution >= 0.6 is 11.3 Å². The standard InChI is InChI=1S/C19H21F3N2O5S/c1-3-27-16(19(20,21)22)11-28-14-6-4-13(5-7-14)10-17-23-15(12-30-17)18(25)24-29-9-8-26-2/h4-7,11-12H,3,8-10H2,1-2H3,(H,24,25)/b16-11-. The summed E-state index contributed by atoms with van der Waals surface area (Å²) < 4.78 is 52.7. The molecule has 0 saturated heterocycles. The molecule has 2 aromatic rings. The number of alkyl halides is 3. The third-order valence-electron chi connectivity index (χ3n) is 3.50. The second-order valence-electron chi connectivity index (χ2n) is 5.75. The van der Waals surface area contributed by atoms with Gasteiger partial charge in [-0.25, -0.2) is 10.5 Å². The summed E-state index contributed by atoms with van der Waals surface area (Å²) >= 11 is 1.31. The number of hydrogen-bond acceptors (Lipinski definition) is 7. The fourth-order valence-electron chi connectivity index (χ4n) is 2.11. The Balaban J connectivity index is 1.92. The number of benzene rings is 1. The second-order valence-corrected chi connectivity index (χ2v) is 6.69. The first-order valence-corrected chi connectivity index (χ1v) is 9.72. The first-order chi connectivity index (χ1) is 14.3. The number of thiazole rings is 1. The van der Waals surface area contributed by atoms with Crippen LogP contribution in [0.5, 0.6) is 5.75 Å². The van der Waals surface area contributed by atoms with E-state index in [1.54, 1.807) is 17.5 Å². The van der Waals surface area contributed by atoms with Crippen molar-refractivity contribution in [2.75, 3.05) is 26.9 Å². The van der Waals surface area contributed by atoms with Crippen molar-refractivity contribution in [1.29, 1.82) is 0 Å². The molecule has 164 valence electrons. The van der Waals surface area contributed by atoms with Crippen molar-refractivity contribution < 1.29 is 37.0 Å². The Morgan fingerprint density at radius 3 is 2.60 bits per heavy atom. The van der Waals surface area contributed by atoms with E-state index in [9.17, 15) is 18.0 Å². The quantitative estimate of drug-likeness (QED) is 0.321. The van der Waals surface area contributed by atoms with Gasteiger partial charge < -0.3 is 14.2 Å². The number of halogens is 3. The molecule has 1 aromatic carbocycles. The van der Waals surface area contributed by atoms with Crippen LogP contribution in [0.1, 0.15) is 28.0 Å². The molecule has 0 spiro atoms. The topological polar surface area (TPSA) is 78.9 Å². The molecule has 1 N–H and O–H groups in total. The maximum absolute atomic E-state index is 12.8. The molecule has 0 radical (unpaired) electrons. The van der Waals surface area contributed by atoms with Crippen molar-refractivity contribution in [2.45, 2.75) is 19.5 Å². The predicted molar refractivity (Wildman–Crippen MR) is 103 cm³/mol. The molecular formula is C19H21F3N2O5S. The van der Waals surface area contributed by atoms with Crippen molar-refractivity contribution in [3.8, 4) is 5.75 Å². The second kappa shape index (κ2) is 11.5. The normalized spacial score (nSPS) is 12.0. The van der Waals surface area contributed by atoms with Gasteiger partial charge in [0.15, 0.2) is 0 Å². The molecular weight excluding hydrogens is 425 g/mol. The van der Waals surface area contributed by atoms with Crippen molar-refractivity contribution in [1.82, 2.24) is 10.5 Å². The highest BCUT2D eigenvalue weighted by Crippen LogP contribution is 2.27. The number of ether oxygens (including phenoxy) is 3. The number of allylic oxidation sites excluding steroid dienone is 1. The van der Waals surface area contributed by atoms with Gasteiger partial charge in [0.1, 0.15) is 17.7 Å². The van der Waals surface area contributed by atoms with E-state index in [1.807, 2.05) is 0 Å². The SMILES string of the molecule is CCO/C(=C\Oc1ccc(Cc2nc(C(=O)NOCCOC)cs2)cc1)C(F)(F)F. The number of hydroxylamine groups is 1. The average molecular weight is 446 g/mol. The van der Waals surface area contributed by atoms with E-state index in [2.05, 4.69) is 15.2 Å². The van der Waals surface area contributed by atoms with E-state index in [0.717, 1.165) is 5.56 Å². The van der Waals surface area contributed by atoms with Crippen LogP contribution < -0.4 is 10.2 Å². The number of carbonyl (C=O) groups is 1. The van der Waals surface area contributed by atoms with Crippen LogP contribution in [0.3, 0.4) is 0 Å². The first-order valence-electron chi connectivity index (χ1n) is 8.84. The van der Waals surface area contributed by atoms with Crippen LogP contribution in [0.2, 0.25) is 0 Å². The number of rotatable bonds is 11. The lowest BCUT2D eigenvalue weighted by Gasteiger charge is -2.12. The van der Waals surface area contributed by atoms with E-state index >= 15 is 0 Å². The molecule has 1 aromatic heterocycles. The summed E-state index contributed by atoms with van der Waals surface area (Å²) in [5, 5.41) is 2.31. The van der Waals surface area contributed by atoms with Crippen LogP contribution in [-0.2, 0) is 20.7 Å². The Bertz CT molecular complexity index is 837. The Morgan fingerprint density at radius 2 is 1.97 bits per heavy atom. The van der Waals surface area contributed by atoms with Gasteiger partial charge in [0, 0.05) is 18.9 Å². The van der Waals surface area contributed by atoms with Gasteiger partial charge in [-0.05, 0) is 24.6 Å². The van der Waals surface area contributed by atoms with Crippen molar-refractivity contribution >= 4 is 17.2 Å². The van der Waals surface area contributed by atoms with Gasteiger partial charge in [-0.15, -0.1) is 11.3 Å². The zero-order valence-electron chi connectivity index (χ0n) is 16.3. The van der Waals surface area contributed by atoms with Crippen molar-refractivity contribution in [3.63, 3.8) is 0 Å². The van der Waals surface area contributed by atoms with Gasteiger partial charge in [-0.1, -0.05) is 12.1 Å². The molecule has 11 heteroatoms. The summed E-state index contributed by atoms with van der Waals surface area (Å²) in [7, 11) is 1.52. The largest absolute Gasteiger partial charge is 0.487 e. The van der Waals surface area contributed by atoms with Gasteiger partial charge >= 0.3 is 6.18 Å². The zero-order valence-corrected chi connectivity index (χ0v) is 17.1. The Labute approximate surface area is 175 Å². The van der Waals surface area contributed by atoms with E-state index in [0.29, 0.717) is 24.3 Å². The number of aromatic nitrogens is 1. The monoisotopic (exact) mass is 446 g/mol. The molecule has 0 unspecified atom stereocenters. The number of amides is 1.